The van der Waals surface area contributed by atoms with Gasteiger partial charge in [0.1, 0.15) is 24.3 Å². The SMILES string of the molecule is COc1cc(C=C2OC[C@@H](c3cc(F)c(F)c(F)c3)N3C(=O)CCC[C@@H]23)ccc1-[n+]1cc(C)n(COP(=O)(O)O)c1. The Morgan fingerprint density at radius 3 is 2.59 bits per heavy atom. The van der Waals surface area contributed by atoms with Gasteiger partial charge in [0.05, 0.1) is 19.2 Å². The Kier molecular flexibility index (Phi) is 7.97. The molecule has 10 nitrogen and oxygen atoms in total. The second-order valence-corrected chi connectivity index (χ2v) is 11.1. The zero-order valence-electron chi connectivity index (χ0n) is 22.2. The molecule has 0 unspecified atom stereocenters. The fraction of sp³-hybridized carbons (Fsp3) is 0.333. The van der Waals surface area contributed by atoms with Crippen LogP contribution in [0.1, 0.15) is 42.1 Å². The van der Waals surface area contributed by atoms with Crippen molar-refractivity contribution in [1.82, 2.24) is 9.47 Å². The molecule has 5 rings (SSSR count). The van der Waals surface area contributed by atoms with Crippen LogP contribution in [0.3, 0.4) is 0 Å². The normalized spacial score (nSPS) is 20.2. The number of aromatic nitrogens is 2. The van der Waals surface area contributed by atoms with Gasteiger partial charge in [0.25, 0.3) is 6.33 Å². The quantitative estimate of drug-likeness (QED) is 0.241. The second-order valence-electron chi connectivity index (χ2n) is 9.82. The summed E-state index contributed by atoms with van der Waals surface area (Å²) < 4.78 is 72.1. The fourth-order valence-corrected chi connectivity index (χ4v) is 5.46. The van der Waals surface area contributed by atoms with Crippen molar-refractivity contribution in [3.05, 3.63) is 82.9 Å². The number of methoxy groups -OCH3 is 1. The van der Waals surface area contributed by atoms with E-state index in [1.807, 2.05) is 6.07 Å². The van der Waals surface area contributed by atoms with E-state index in [4.69, 9.17) is 19.3 Å². The molecule has 1 aromatic heterocycles. The maximum atomic E-state index is 14.0. The molecule has 41 heavy (non-hydrogen) atoms. The van der Waals surface area contributed by atoms with Crippen LogP contribution >= 0.6 is 7.82 Å². The summed E-state index contributed by atoms with van der Waals surface area (Å²) in [6.07, 6.45) is 6.60. The highest BCUT2D eigenvalue weighted by Crippen LogP contribution is 2.39. The van der Waals surface area contributed by atoms with Gasteiger partial charge in [-0.15, -0.1) is 0 Å². The number of phosphoric acid groups is 1. The van der Waals surface area contributed by atoms with Crippen molar-refractivity contribution in [2.75, 3.05) is 13.7 Å². The van der Waals surface area contributed by atoms with Gasteiger partial charge in [-0.1, -0.05) is 6.07 Å². The molecule has 218 valence electrons. The minimum absolute atomic E-state index is 0.0624. The summed E-state index contributed by atoms with van der Waals surface area (Å²) in [6.45, 7) is 1.35. The summed E-state index contributed by atoms with van der Waals surface area (Å²) in [5, 5.41) is 0. The average Bonchev–Trinajstić information content (AvgIpc) is 3.30. The van der Waals surface area contributed by atoms with Crippen LogP contribution < -0.4 is 9.30 Å². The minimum atomic E-state index is -4.64. The smallest absolute Gasteiger partial charge is 0.472 e. The molecular formula is C27H28F3N3O7P+. The summed E-state index contributed by atoms with van der Waals surface area (Å²) in [5.74, 6) is -3.40. The number of nitrogens with zero attached hydrogens (tertiary/aromatic N) is 3. The van der Waals surface area contributed by atoms with Gasteiger partial charge in [0, 0.05) is 13.3 Å². The Morgan fingerprint density at radius 1 is 1.17 bits per heavy atom. The number of ether oxygens (including phenoxy) is 2. The van der Waals surface area contributed by atoms with Gasteiger partial charge in [-0.25, -0.2) is 26.8 Å². The van der Waals surface area contributed by atoms with Crippen LogP contribution in [0.25, 0.3) is 11.8 Å². The first-order valence-corrected chi connectivity index (χ1v) is 14.2. The number of piperidine rings is 1. The van der Waals surface area contributed by atoms with Gasteiger partial charge in [0.15, 0.2) is 28.9 Å². The third-order valence-corrected chi connectivity index (χ3v) is 7.61. The van der Waals surface area contributed by atoms with Crippen LogP contribution in [-0.4, -0.2) is 44.9 Å². The molecule has 1 amide bonds. The molecule has 2 aliphatic heterocycles. The number of fused-ring (bicyclic) bond motifs is 1. The van der Waals surface area contributed by atoms with Crippen molar-refractivity contribution >= 4 is 19.8 Å². The van der Waals surface area contributed by atoms with Crippen molar-refractivity contribution in [3.8, 4) is 11.4 Å². The van der Waals surface area contributed by atoms with E-state index in [1.54, 1.807) is 47.1 Å². The molecule has 0 spiro atoms. The topological polar surface area (TPSA) is 114 Å². The number of hydrogen-bond donors (Lipinski definition) is 2. The molecule has 2 N–H and O–H groups in total. The van der Waals surface area contributed by atoms with Gasteiger partial charge in [-0.2, -0.15) is 4.57 Å². The first-order chi connectivity index (χ1) is 19.4. The highest BCUT2D eigenvalue weighted by atomic mass is 31.2. The largest absolute Gasteiger partial charge is 0.493 e. The second kappa shape index (κ2) is 11.3. The molecule has 3 aromatic rings. The first-order valence-electron chi connectivity index (χ1n) is 12.7. The molecule has 2 saturated heterocycles. The summed E-state index contributed by atoms with van der Waals surface area (Å²) in [6, 6.07) is 5.92. The number of carbonyl (C=O) groups excluding carboxylic acids is 1. The van der Waals surface area contributed by atoms with E-state index < -0.39 is 37.4 Å². The number of amides is 1. The summed E-state index contributed by atoms with van der Waals surface area (Å²) in [4.78, 5) is 32.6. The number of carbonyl (C=O) groups is 1. The number of aryl methyl sites for hydroxylation is 1. The van der Waals surface area contributed by atoms with Crippen LogP contribution in [0.15, 0.2) is 48.6 Å². The van der Waals surface area contributed by atoms with Gasteiger partial charge < -0.3 is 24.2 Å². The summed E-state index contributed by atoms with van der Waals surface area (Å²) in [7, 11) is -3.14. The molecule has 2 aliphatic rings. The standard InChI is InChI=1S/C27H27F3N3O7P/c1-16-12-31(14-32(16)15-40-41(35,36)37)21-7-6-17(8-24(21)38-2)9-25-22-4-3-5-26(34)33(22)23(13-39-25)18-10-19(28)27(30)20(29)11-18/h6-12,14,22-23H,3-5,13,15H2,1-2H3,(H-,35,36,37)/p+1/t22-,23-/m0/s1. The van der Waals surface area contributed by atoms with Crippen LogP contribution in [0, 0.1) is 24.4 Å². The number of morpholine rings is 1. The van der Waals surface area contributed by atoms with E-state index in [0.29, 0.717) is 41.3 Å². The van der Waals surface area contributed by atoms with E-state index in [-0.39, 0.29) is 31.2 Å². The highest BCUT2D eigenvalue weighted by Gasteiger charge is 2.41. The molecular weight excluding hydrogens is 566 g/mol. The maximum absolute atomic E-state index is 14.0. The lowest BCUT2D eigenvalue weighted by Gasteiger charge is -2.46. The van der Waals surface area contributed by atoms with Gasteiger partial charge >= 0.3 is 7.82 Å². The van der Waals surface area contributed by atoms with Crippen molar-refractivity contribution in [3.63, 3.8) is 0 Å². The first kappa shape index (κ1) is 28.9. The number of halogens is 3. The third-order valence-electron chi connectivity index (χ3n) is 7.15. The Balaban J connectivity index is 1.43. The Labute approximate surface area is 233 Å². The molecule has 0 radical (unpaired) electrons. The molecule has 14 heteroatoms. The number of hydrogen-bond acceptors (Lipinski definition) is 5. The lowest BCUT2D eigenvalue weighted by Crippen LogP contribution is -2.51. The lowest BCUT2D eigenvalue weighted by atomic mass is 9.92. The average molecular weight is 595 g/mol. The molecule has 3 heterocycles. The zero-order chi connectivity index (χ0) is 29.5. The van der Waals surface area contributed by atoms with E-state index in [9.17, 15) is 22.5 Å². The van der Waals surface area contributed by atoms with Gasteiger partial charge in [-0.05, 0) is 54.3 Å². The van der Waals surface area contributed by atoms with E-state index in [1.165, 1.54) is 11.7 Å². The molecule has 2 fully saturated rings. The van der Waals surface area contributed by atoms with Crippen molar-refractivity contribution < 1.29 is 50.9 Å². The Hall–Kier alpha value is -3.64. The number of phosphoric ester groups is 1. The van der Waals surface area contributed by atoms with Crippen LogP contribution in [0.4, 0.5) is 13.2 Å². The molecule has 0 saturated carbocycles. The number of benzene rings is 2. The Bertz CT molecular complexity index is 1550. The summed E-state index contributed by atoms with van der Waals surface area (Å²) in [5.41, 5.74) is 2.15. The fourth-order valence-electron chi connectivity index (χ4n) is 5.19. The van der Waals surface area contributed by atoms with Crippen LogP contribution in [0.5, 0.6) is 5.75 Å². The van der Waals surface area contributed by atoms with Crippen molar-refractivity contribution in [1.29, 1.82) is 0 Å². The van der Waals surface area contributed by atoms with Gasteiger partial charge in [0.2, 0.25) is 12.6 Å². The lowest BCUT2D eigenvalue weighted by molar-refractivity contribution is -0.596. The third kappa shape index (κ3) is 6.03. The molecule has 0 aliphatic carbocycles. The molecule has 2 aromatic carbocycles. The van der Waals surface area contributed by atoms with Gasteiger partial charge in [-0.3, -0.25) is 4.79 Å². The van der Waals surface area contributed by atoms with Crippen molar-refractivity contribution in [2.45, 2.75) is 45.0 Å². The van der Waals surface area contributed by atoms with E-state index in [0.717, 1.165) is 12.1 Å². The zero-order valence-corrected chi connectivity index (χ0v) is 23.1. The minimum Gasteiger partial charge on any atom is -0.493 e. The molecule has 0 bridgehead atoms. The van der Waals surface area contributed by atoms with E-state index >= 15 is 0 Å². The number of rotatable bonds is 7. The maximum Gasteiger partial charge on any atom is 0.472 e. The van der Waals surface area contributed by atoms with Crippen molar-refractivity contribution in [2.24, 2.45) is 0 Å². The predicted octanol–water partition coefficient (Wildman–Crippen LogP) is 4.06. The monoisotopic (exact) mass is 594 g/mol. The molecule has 2 atom stereocenters. The van der Waals surface area contributed by atoms with E-state index in [2.05, 4.69) is 4.52 Å². The Morgan fingerprint density at radius 2 is 1.90 bits per heavy atom. The van der Waals surface area contributed by atoms with Crippen LogP contribution in [-0.2, 0) is 25.4 Å². The number of imidazole rings is 1. The predicted molar refractivity (Wildman–Crippen MR) is 138 cm³/mol. The van der Waals surface area contributed by atoms with Crippen LogP contribution in [0.2, 0.25) is 0 Å². The highest BCUT2D eigenvalue weighted by molar-refractivity contribution is 7.46. The summed E-state index contributed by atoms with van der Waals surface area (Å²) >= 11 is 0.